The van der Waals surface area contributed by atoms with E-state index in [9.17, 15) is 4.79 Å². The number of ketones is 1. The number of hydrogen-bond donors (Lipinski definition) is 2. The van der Waals surface area contributed by atoms with E-state index >= 15 is 0 Å². The maximum atomic E-state index is 11.0. The van der Waals surface area contributed by atoms with Crippen molar-refractivity contribution >= 4 is 42.6 Å². The molecule has 0 heterocycles. The van der Waals surface area contributed by atoms with Crippen LogP contribution >= 0.6 is 36.9 Å². The lowest BCUT2D eigenvalue weighted by Crippen LogP contribution is -2.02. The second-order valence-corrected chi connectivity index (χ2v) is 4.15. The molecule has 0 radical (unpaired) electrons. The monoisotopic (exact) mass is 232 g/mol. The summed E-state index contributed by atoms with van der Waals surface area (Å²) >= 11 is 14.2. The van der Waals surface area contributed by atoms with Crippen LogP contribution in [0.5, 0.6) is 0 Å². The predicted octanol–water partition coefficient (Wildman–Crippen LogP) is 3.13. The summed E-state index contributed by atoms with van der Waals surface area (Å²) in [4.78, 5) is 12.5. The van der Waals surface area contributed by atoms with Crippen molar-refractivity contribution in [2.75, 3.05) is 0 Å². The SMILES string of the molecule is CC(=O)C(Cl)c1ccc(S)cc1S. The molecule has 0 spiro atoms. The van der Waals surface area contributed by atoms with Gasteiger partial charge in [-0.1, -0.05) is 6.07 Å². The molecular formula is C9H9ClOS2. The van der Waals surface area contributed by atoms with Crippen LogP contribution in [0.25, 0.3) is 0 Å². The minimum Gasteiger partial charge on any atom is -0.298 e. The topological polar surface area (TPSA) is 17.1 Å². The molecule has 0 fully saturated rings. The summed E-state index contributed by atoms with van der Waals surface area (Å²) < 4.78 is 0. The number of carbonyl (C=O) groups is 1. The highest BCUT2D eigenvalue weighted by atomic mass is 35.5. The summed E-state index contributed by atoms with van der Waals surface area (Å²) in [7, 11) is 0. The fourth-order valence-corrected chi connectivity index (χ4v) is 1.88. The molecule has 1 atom stereocenters. The number of rotatable bonds is 2. The lowest BCUT2D eigenvalue weighted by Gasteiger charge is -2.08. The van der Waals surface area contributed by atoms with E-state index < -0.39 is 5.38 Å². The van der Waals surface area contributed by atoms with Gasteiger partial charge in [-0.25, -0.2) is 0 Å². The zero-order valence-corrected chi connectivity index (χ0v) is 9.53. The molecule has 13 heavy (non-hydrogen) atoms. The molecule has 70 valence electrons. The molecule has 1 aromatic carbocycles. The summed E-state index contributed by atoms with van der Waals surface area (Å²) in [6.07, 6.45) is 0. The molecule has 0 N–H and O–H groups in total. The van der Waals surface area contributed by atoms with Gasteiger partial charge in [0.15, 0.2) is 5.78 Å². The van der Waals surface area contributed by atoms with Crippen molar-refractivity contribution in [1.29, 1.82) is 0 Å². The van der Waals surface area contributed by atoms with Gasteiger partial charge in [0.25, 0.3) is 0 Å². The zero-order valence-electron chi connectivity index (χ0n) is 6.99. The third-order valence-electron chi connectivity index (χ3n) is 1.64. The number of thiol groups is 2. The Hall–Kier alpha value is -0.120. The van der Waals surface area contributed by atoms with E-state index in [1.807, 2.05) is 0 Å². The summed E-state index contributed by atoms with van der Waals surface area (Å²) in [5, 5.41) is -0.610. The average molecular weight is 233 g/mol. The van der Waals surface area contributed by atoms with E-state index in [2.05, 4.69) is 25.3 Å². The average Bonchev–Trinajstić information content (AvgIpc) is 2.03. The van der Waals surface area contributed by atoms with Crippen molar-refractivity contribution in [2.45, 2.75) is 22.1 Å². The molecule has 0 aromatic heterocycles. The highest BCUT2D eigenvalue weighted by Crippen LogP contribution is 2.28. The number of carbonyl (C=O) groups excluding carboxylic acids is 1. The molecule has 1 rings (SSSR count). The summed E-state index contributed by atoms with van der Waals surface area (Å²) in [6, 6.07) is 5.32. The highest BCUT2D eigenvalue weighted by Gasteiger charge is 2.15. The zero-order chi connectivity index (χ0) is 10.0. The molecule has 1 aromatic rings. The largest absolute Gasteiger partial charge is 0.298 e. The Balaban J connectivity index is 3.08. The molecule has 0 saturated heterocycles. The van der Waals surface area contributed by atoms with E-state index in [-0.39, 0.29) is 5.78 Å². The number of halogens is 1. The smallest absolute Gasteiger partial charge is 0.152 e. The van der Waals surface area contributed by atoms with Gasteiger partial charge in [0.1, 0.15) is 5.38 Å². The van der Waals surface area contributed by atoms with E-state index in [0.29, 0.717) is 4.90 Å². The Morgan fingerprint density at radius 2 is 2.08 bits per heavy atom. The Morgan fingerprint density at radius 1 is 1.46 bits per heavy atom. The predicted molar refractivity (Wildman–Crippen MR) is 60.2 cm³/mol. The molecule has 1 unspecified atom stereocenters. The van der Waals surface area contributed by atoms with Gasteiger partial charge in [0.2, 0.25) is 0 Å². The van der Waals surface area contributed by atoms with E-state index in [4.69, 9.17) is 11.6 Å². The highest BCUT2D eigenvalue weighted by molar-refractivity contribution is 7.81. The van der Waals surface area contributed by atoms with Crippen LogP contribution in [0.3, 0.4) is 0 Å². The number of benzene rings is 1. The van der Waals surface area contributed by atoms with Crippen LogP contribution in [0, 0.1) is 0 Å². The Kier molecular flexibility index (Phi) is 3.71. The van der Waals surface area contributed by atoms with Crippen LogP contribution in [0.1, 0.15) is 17.9 Å². The first-order valence-corrected chi connectivity index (χ1v) is 5.02. The Bertz CT molecular complexity index is 338. The summed E-state index contributed by atoms with van der Waals surface area (Å²) in [5.74, 6) is -0.0797. The van der Waals surface area contributed by atoms with Gasteiger partial charge in [-0.3, -0.25) is 4.79 Å². The molecule has 0 bridgehead atoms. The van der Waals surface area contributed by atoms with Crippen LogP contribution in [0.15, 0.2) is 28.0 Å². The molecule has 0 aliphatic rings. The van der Waals surface area contributed by atoms with Gasteiger partial charge in [-0.2, -0.15) is 0 Å². The van der Waals surface area contributed by atoms with Crippen LogP contribution in [0.4, 0.5) is 0 Å². The van der Waals surface area contributed by atoms with Crippen molar-refractivity contribution in [1.82, 2.24) is 0 Å². The van der Waals surface area contributed by atoms with Gasteiger partial charge < -0.3 is 0 Å². The summed E-state index contributed by atoms with van der Waals surface area (Å²) in [5.41, 5.74) is 0.732. The minimum atomic E-state index is -0.610. The second-order valence-electron chi connectivity index (χ2n) is 2.72. The van der Waals surface area contributed by atoms with E-state index in [0.717, 1.165) is 10.5 Å². The standard InChI is InChI=1S/C9H9ClOS2/c1-5(11)9(10)7-3-2-6(12)4-8(7)13/h2-4,9,12-13H,1H3. The fourth-order valence-electron chi connectivity index (χ4n) is 0.965. The van der Waals surface area contributed by atoms with Gasteiger partial charge in [0, 0.05) is 9.79 Å². The molecule has 0 aliphatic carbocycles. The van der Waals surface area contributed by atoms with Gasteiger partial charge in [-0.05, 0) is 24.6 Å². The second kappa shape index (κ2) is 4.40. The normalized spacial score (nSPS) is 12.6. The van der Waals surface area contributed by atoms with E-state index in [1.54, 1.807) is 18.2 Å². The van der Waals surface area contributed by atoms with Crippen molar-refractivity contribution in [3.8, 4) is 0 Å². The van der Waals surface area contributed by atoms with Crippen molar-refractivity contribution < 1.29 is 4.79 Å². The molecular weight excluding hydrogens is 224 g/mol. The number of alkyl halides is 1. The van der Waals surface area contributed by atoms with Crippen molar-refractivity contribution in [3.05, 3.63) is 23.8 Å². The van der Waals surface area contributed by atoms with E-state index in [1.165, 1.54) is 6.92 Å². The lowest BCUT2D eigenvalue weighted by atomic mass is 10.1. The van der Waals surface area contributed by atoms with Crippen LogP contribution in [0.2, 0.25) is 0 Å². The Morgan fingerprint density at radius 3 is 2.54 bits per heavy atom. The maximum absolute atomic E-state index is 11.0. The molecule has 4 heteroatoms. The van der Waals surface area contributed by atoms with Gasteiger partial charge >= 0.3 is 0 Å². The first kappa shape index (κ1) is 11.0. The van der Waals surface area contributed by atoms with Crippen molar-refractivity contribution in [2.24, 2.45) is 0 Å². The van der Waals surface area contributed by atoms with Crippen LogP contribution < -0.4 is 0 Å². The first-order valence-electron chi connectivity index (χ1n) is 3.68. The first-order chi connectivity index (χ1) is 6.02. The molecule has 1 nitrogen and oxygen atoms in total. The van der Waals surface area contributed by atoms with Gasteiger partial charge in [0.05, 0.1) is 0 Å². The molecule has 0 amide bonds. The Labute approximate surface area is 93.3 Å². The third kappa shape index (κ3) is 2.66. The fraction of sp³-hybridized carbons (Fsp3) is 0.222. The number of Topliss-reactive ketones (excluding diaryl/α,β-unsaturated/α-hetero) is 1. The quantitative estimate of drug-likeness (QED) is 0.592. The molecule has 0 saturated carbocycles. The minimum absolute atomic E-state index is 0.0797. The van der Waals surface area contributed by atoms with Crippen LogP contribution in [-0.4, -0.2) is 5.78 Å². The maximum Gasteiger partial charge on any atom is 0.152 e. The molecule has 0 aliphatic heterocycles. The summed E-state index contributed by atoms with van der Waals surface area (Å²) in [6.45, 7) is 1.46. The van der Waals surface area contributed by atoms with Crippen molar-refractivity contribution in [3.63, 3.8) is 0 Å². The van der Waals surface area contributed by atoms with Crippen LogP contribution in [-0.2, 0) is 4.79 Å². The lowest BCUT2D eigenvalue weighted by molar-refractivity contribution is -0.116. The van der Waals surface area contributed by atoms with Gasteiger partial charge in [-0.15, -0.1) is 36.9 Å². The number of hydrogen-bond acceptors (Lipinski definition) is 3. The third-order valence-corrected chi connectivity index (χ3v) is 2.85.